The molecule has 1 unspecified atom stereocenters. The zero-order valence-corrected chi connectivity index (χ0v) is 15.0. The average molecular weight is 368 g/mol. The van der Waals surface area contributed by atoms with E-state index in [0.29, 0.717) is 22.8 Å². The smallest absolute Gasteiger partial charge is 0.273 e. The van der Waals surface area contributed by atoms with E-state index in [1.165, 1.54) is 14.2 Å². The van der Waals surface area contributed by atoms with Crippen LogP contribution in [0.4, 0.5) is 0 Å². The summed E-state index contributed by atoms with van der Waals surface area (Å²) in [6.07, 6.45) is -0.908. The van der Waals surface area contributed by atoms with E-state index < -0.39 is 12.0 Å². The van der Waals surface area contributed by atoms with Crippen LogP contribution in [0.15, 0.2) is 59.1 Å². The quantitative estimate of drug-likeness (QED) is 0.666. The number of nitrogens with one attached hydrogen (secondary N) is 1. The van der Waals surface area contributed by atoms with Crippen LogP contribution in [-0.4, -0.2) is 36.9 Å². The SMILES string of the molecule is COc1ccc(C(O)CNC(=O)c2cc(-c3ccccc3)on2)cc1OC. The van der Waals surface area contributed by atoms with Gasteiger partial charge in [0.1, 0.15) is 0 Å². The maximum Gasteiger partial charge on any atom is 0.273 e. The van der Waals surface area contributed by atoms with Gasteiger partial charge in [-0.15, -0.1) is 0 Å². The van der Waals surface area contributed by atoms with Crippen LogP contribution in [0.25, 0.3) is 11.3 Å². The van der Waals surface area contributed by atoms with E-state index in [1.807, 2.05) is 30.3 Å². The molecule has 3 aromatic rings. The number of nitrogens with zero attached hydrogens (tertiary/aromatic N) is 1. The van der Waals surface area contributed by atoms with Gasteiger partial charge in [0.05, 0.1) is 20.3 Å². The summed E-state index contributed by atoms with van der Waals surface area (Å²) < 4.78 is 15.6. The van der Waals surface area contributed by atoms with Crippen molar-refractivity contribution in [1.29, 1.82) is 0 Å². The Morgan fingerprint density at radius 3 is 2.56 bits per heavy atom. The minimum atomic E-state index is -0.908. The molecule has 0 fully saturated rings. The second-order valence-corrected chi connectivity index (χ2v) is 5.78. The maximum atomic E-state index is 12.3. The first-order chi connectivity index (χ1) is 13.1. The third-order valence-corrected chi connectivity index (χ3v) is 4.05. The Kier molecular flexibility index (Phi) is 5.73. The lowest BCUT2D eigenvalue weighted by Crippen LogP contribution is -2.28. The van der Waals surface area contributed by atoms with Crippen molar-refractivity contribution in [3.8, 4) is 22.8 Å². The molecule has 0 spiro atoms. The van der Waals surface area contributed by atoms with Crippen LogP contribution in [0.2, 0.25) is 0 Å². The molecule has 0 aliphatic heterocycles. The third kappa shape index (κ3) is 4.27. The first kappa shape index (κ1) is 18.5. The van der Waals surface area contributed by atoms with Crippen LogP contribution in [0, 0.1) is 0 Å². The lowest BCUT2D eigenvalue weighted by molar-refractivity contribution is 0.0907. The van der Waals surface area contributed by atoms with Crippen molar-refractivity contribution in [1.82, 2.24) is 10.5 Å². The second kappa shape index (κ2) is 8.37. The van der Waals surface area contributed by atoms with Crippen LogP contribution in [-0.2, 0) is 0 Å². The zero-order chi connectivity index (χ0) is 19.2. The van der Waals surface area contributed by atoms with E-state index in [0.717, 1.165) is 5.56 Å². The standard InChI is InChI=1S/C20H20N2O5/c1-25-17-9-8-14(10-19(17)26-2)16(23)12-21-20(24)15-11-18(27-22-15)13-6-4-3-5-7-13/h3-11,16,23H,12H2,1-2H3,(H,21,24). The van der Waals surface area contributed by atoms with Crippen molar-refractivity contribution >= 4 is 5.91 Å². The largest absolute Gasteiger partial charge is 0.493 e. The molecule has 0 aliphatic rings. The molecule has 0 bridgehead atoms. The van der Waals surface area contributed by atoms with Crippen LogP contribution >= 0.6 is 0 Å². The molecule has 1 amide bonds. The molecule has 7 heteroatoms. The van der Waals surface area contributed by atoms with Crippen molar-refractivity contribution in [2.75, 3.05) is 20.8 Å². The molecule has 0 saturated heterocycles. The van der Waals surface area contributed by atoms with Gasteiger partial charge >= 0.3 is 0 Å². The minimum absolute atomic E-state index is 0.0157. The summed E-state index contributed by atoms with van der Waals surface area (Å²) in [4.78, 5) is 12.3. The lowest BCUT2D eigenvalue weighted by atomic mass is 10.1. The van der Waals surface area contributed by atoms with Crippen molar-refractivity contribution < 1.29 is 23.9 Å². The Balaban J connectivity index is 1.63. The number of benzene rings is 2. The van der Waals surface area contributed by atoms with Crippen LogP contribution < -0.4 is 14.8 Å². The molecule has 27 heavy (non-hydrogen) atoms. The highest BCUT2D eigenvalue weighted by Crippen LogP contribution is 2.29. The minimum Gasteiger partial charge on any atom is -0.493 e. The van der Waals surface area contributed by atoms with E-state index in [1.54, 1.807) is 24.3 Å². The van der Waals surface area contributed by atoms with Crippen molar-refractivity contribution in [3.05, 3.63) is 65.9 Å². The molecule has 0 saturated carbocycles. The number of amides is 1. The molecular weight excluding hydrogens is 348 g/mol. The molecule has 2 N–H and O–H groups in total. The first-order valence-corrected chi connectivity index (χ1v) is 8.32. The fraction of sp³-hybridized carbons (Fsp3) is 0.200. The van der Waals surface area contributed by atoms with Gasteiger partial charge in [-0.25, -0.2) is 0 Å². The van der Waals surface area contributed by atoms with Crippen molar-refractivity contribution in [3.63, 3.8) is 0 Å². The van der Waals surface area contributed by atoms with Gasteiger partial charge in [-0.05, 0) is 17.7 Å². The van der Waals surface area contributed by atoms with Gasteiger partial charge < -0.3 is 24.4 Å². The number of aliphatic hydroxyl groups is 1. The number of methoxy groups -OCH3 is 2. The van der Waals surface area contributed by atoms with E-state index in [2.05, 4.69) is 10.5 Å². The number of hydrogen-bond acceptors (Lipinski definition) is 6. The van der Waals surface area contributed by atoms with Crippen LogP contribution in [0.3, 0.4) is 0 Å². The molecule has 7 nitrogen and oxygen atoms in total. The Morgan fingerprint density at radius 1 is 1.11 bits per heavy atom. The Morgan fingerprint density at radius 2 is 1.85 bits per heavy atom. The van der Waals surface area contributed by atoms with E-state index in [9.17, 15) is 9.90 Å². The number of carbonyl (C=O) groups is 1. The van der Waals surface area contributed by atoms with Gasteiger partial charge in [0, 0.05) is 18.2 Å². The Labute approximate surface area is 156 Å². The summed E-state index contributed by atoms with van der Waals surface area (Å²) in [5.41, 5.74) is 1.57. The van der Waals surface area contributed by atoms with Gasteiger partial charge in [-0.1, -0.05) is 41.6 Å². The Bertz CT molecular complexity index is 908. The molecule has 1 atom stereocenters. The monoisotopic (exact) mass is 368 g/mol. The molecule has 2 aromatic carbocycles. The number of aromatic nitrogens is 1. The highest BCUT2D eigenvalue weighted by molar-refractivity contribution is 5.93. The second-order valence-electron chi connectivity index (χ2n) is 5.78. The molecular formula is C20H20N2O5. The summed E-state index contributed by atoms with van der Waals surface area (Å²) in [5.74, 6) is 1.14. The summed E-state index contributed by atoms with van der Waals surface area (Å²) in [6.45, 7) is 0.0157. The van der Waals surface area contributed by atoms with E-state index >= 15 is 0 Å². The molecule has 0 aliphatic carbocycles. The average Bonchev–Trinajstić information content (AvgIpc) is 3.22. The lowest BCUT2D eigenvalue weighted by Gasteiger charge is -2.14. The van der Waals surface area contributed by atoms with E-state index in [-0.39, 0.29) is 12.2 Å². The maximum absolute atomic E-state index is 12.3. The zero-order valence-electron chi connectivity index (χ0n) is 15.0. The molecule has 1 aromatic heterocycles. The number of carbonyl (C=O) groups excluding carboxylic acids is 1. The number of rotatable bonds is 7. The first-order valence-electron chi connectivity index (χ1n) is 8.32. The third-order valence-electron chi connectivity index (χ3n) is 4.05. The van der Waals surface area contributed by atoms with E-state index in [4.69, 9.17) is 14.0 Å². The summed E-state index contributed by atoms with van der Waals surface area (Å²) in [6, 6.07) is 16.0. The predicted octanol–water partition coefficient (Wildman–Crippen LogP) is 2.82. The summed E-state index contributed by atoms with van der Waals surface area (Å²) >= 11 is 0. The molecule has 3 rings (SSSR count). The highest BCUT2D eigenvalue weighted by atomic mass is 16.5. The number of aliphatic hydroxyl groups excluding tert-OH is 1. The van der Waals surface area contributed by atoms with Gasteiger partial charge in [0.25, 0.3) is 5.91 Å². The molecule has 0 radical (unpaired) electrons. The number of hydrogen-bond donors (Lipinski definition) is 2. The predicted molar refractivity (Wildman–Crippen MR) is 98.8 cm³/mol. The number of ether oxygens (including phenoxy) is 2. The van der Waals surface area contributed by atoms with Crippen LogP contribution in [0.1, 0.15) is 22.2 Å². The van der Waals surface area contributed by atoms with Gasteiger partial charge in [-0.2, -0.15) is 0 Å². The molecule has 140 valence electrons. The molecule has 1 heterocycles. The normalized spacial score (nSPS) is 11.7. The summed E-state index contributed by atoms with van der Waals surface area (Å²) in [5, 5.41) is 16.8. The van der Waals surface area contributed by atoms with Crippen molar-refractivity contribution in [2.24, 2.45) is 0 Å². The highest BCUT2D eigenvalue weighted by Gasteiger charge is 2.16. The fourth-order valence-corrected chi connectivity index (χ4v) is 2.58. The van der Waals surface area contributed by atoms with Gasteiger partial charge in [-0.3, -0.25) is 4.79 Å². The van der Waals surface area contributed by atoms with Crippen molar-refractivity contribution in [2.45, 2.75) is 6.10 Å². The van der Waals surface area contributed by atoms with Gasteiger partial charge in [0.15, 0.2) is 23.0 Å². The summed E-state index contributed by atoms with van der Waals surface area (Å²) in [7, 11) is 3.06. The fourth-order valence-electron chi connectivity index (χ4n) is 2.58. The van der Waals surface area contributed by atoms with Crippen LogP contribution in [0.5, 0.6) is 11.5 Å². The topological polar surface area (TPSA) is 93.8 Å². The Hall–Kier alpha value is -3.32. The van der Waals surface area contributed by atoms with Gasteiger partial charge in [0.2, 0.25) is 0 Å².